The largest absolute Gasteiger partial charge is 0.389 e. The van der Waals surface area contributed by atoms with Crippen LogP contribution in [-0.2, 0) is 0 Å². The molecule has 0 saturated carbocycles. The van der Waals surface area contributed by atoms with Gasteiger partial charge in [0.1, 0.15) is 0 Å². The Morgan fingerprint density at radius 1 is 1.38 bits per heavy atom. The van der Waals surface area contributed by atoms with Gasteiger partial charge in [0.2, 0.25) is 0 Å². The zero-order chi connectivity index (χ0) is 15.3. The molecule has 118 valence electrons. The zero-order valence-corrected chi connectivity index (χ0v) is 13.7. The van der Waals surface area contributed by atoms with Crippen molar-refractivity contribution in [3.05, 3.63) is 35.4 Å². The first-order valence-corrected chi connectivity index (χ1v) is 8.25. The SMILES string of the molecule is CCCNC(CCN1CCC(C)(O)C1)c1ccccc1C. The summed E-state index contributed by atoms with van der Waals surface area (Å²) < 4.78 is 0. The summed E-state index contributed by atoms with van der Waals surface area (Å²) in [5.41, 5.74) is 2.28. The molecule has 2 unspecified atom stereocenters. The number of nitrogens with one attached hydrogen (secondary N) is 1. The summed E-state index contributed by atoms with van der Waals surface area (Å²) in [6, 6.07) is 9.08. The number of aliphatic hydroxyl groups is 1. The van der Waals surface area contributed by atoms with Gasteiger partial charge < -0.3 is 15.3 Å². The minimum Gasteiger partial charge on any atom is -0.389 e. The van der Waals surface area contributed by atoms with Gasteiger partial charge in [0.15, 0.2) is 0 Å². The molecule has 1 aliphatic rings. The lowest BCUT2D eigenvalue weighted by Crippen LogP contribution is -2.32. The fourth-order valence-electron chi connectivity index (χ4n) is 3.21. The highest BCUT2D eigenvalue weighted by atomic mass is 16.3. The van der Waals surface area contributed by atoms with Gasteiger partial charge in [-0.25, -0.2) is 0 Å². The van der Waals surface area contributed by atoms with Crippen LogP contribution in [0, 0.1) is 6.92 Å². The summed E-state index contributed by atoms with van der Waals surface area (Å²) in [6.45, 7) is 10.3. The van der Waals surface area contributed by atoms with E-state index in [0.29, 0.717) is 6.04 Å². The summed E-state index contributed by atoms with van der Waals surface area (Å²) >= 11 is 0. The number of benzene rings is 1. The van der Waals surface area contributed by atoms with Crippen molar-refractivity contribution in [1.29, 1.82) is 0 Å². The highest BCUT2D eigenvalue weighted by molar-refractivity contribution is 5.28. The fourth-order valence-corrected chi connectivity index (χ4v) is 3.21. The topological polar surface area (TPSA) is 35.5 Å². The lowest BCUT2D eigenvalue weighted by Gasteiger charge is -2.24. The van der Waals surface area contributed by atoms with E-state index in [1.807, 2.05) is 6.92 Å². The second-order valence-corrected chi connectivity index (χ2v) is 6.68. The van der Waals surface area contributed by atoms with Gasteiger partial charge in [-0.15, -0.1) is 0 Å². The highest BCUT2D eigenvalue weighted by Crippen LogP contribution is 2.24. The van der Waals surface area contributed by atoms with E-state index in [-0.39, 0.29) is 0 Å². The molecule has 21 heavy (non-hydrogen) atoms. The van der Waals surface area contributed by atoms with Crippen LogP contribution in [-0.4, -0.2) is 41.8 Å². The molecule has 1 heterocycles. The van der Waals surface area contributed by atoms with Crippen LogP contribution in [0.1, 0.15) is 50.3 Å². The third-order valence-corrected chi connectivity index (χ3v) is 4.47. The van der Waals surface area contributed by atoms with E-state index in [9.17, 15) is 5.11 Å². The predicted octanol–water partition coefficient (Wildman–Crippen LogP) is 2.88. The van der Waals surface area contributed by atoms with Crippen LogP contribution in [0.2, 0.25) is 0 Å². The second kappa shape index (κ2) is 7.39. The molecule has 1 aliphatic heterocycles. The lowest BCUT2D eigenvalue weighted by molar-refractivity contribution is 0.0683. The molecule has 1 aromatic carbocycles. The highest BCUT2D eigenvalue weighted by Gasteiger charge is 2.31. The molecule has 0 aromatic heterocycles. The number of hydrogen-bond donors (Lipinski definition) is 2. The number of nitrogens with zero attached hydrogens (tertiary/aromatic N) is 1. The van der Waals surface area contributed by atoms with E-state index >= 15 is 0 Å². The summed E-state index contributed by atoms with van der Waals surface area (Å²) in [5, 5.41) is 13.8. The maximum absolute atomic E-state index is 10.1. The van der Waals surface area contributed by atoms with Gasteiger partial charge in [-0.2, -0.15) is 0 Å². The second-order valence-electron chi connectivity index (χ2n) is 6.68. The summed E-state index contributed by atoms with van der Waals surface area (Å²) in [7, 11) is 0. The predicted molar refractivity (Wildman–Crippen MR) is 88.5 cm³/mol. The number of likely N-dealkylation sites (tertiary alicyclic amines) is 1. The van der Waals surface area contributed by atoms with E-state index in [1.54, 1.807) is 0 Å². The molecule has 1 aromatic rings. The van der Waals surface area contributed by atoms with Crippen molar-refractivity contribution in [3.8, 4) is 0 Å². The molecular weight excluding hydrogens is 260 g/mol. The molecule has 0 bridgehead atoms. The van der Waals surface area contributed by atoms with Crippen LogP contribution < -0.4 is 5.32 Å². The Morgan fingerprint density at radius 2 is 2.14 bits per heavy atom. The number of β-amino-alcohol motifs (C(OH)–C–C–N with tert-alkyl or cyclic N) is 1. The molecular formula is C18H30N2O. The Morgan fingerprint density at radius 3 is 2.76 bits per heavy atom. The van der Waals surface area contributed by atoms with E-state index in [4.69, 9.17) is 0 Å². The van der Waals surface area contributed by atoms with E-state index < -0.39 is 5.60 Å². The Bertz CT molecular complexity index is 445. The lowest BCUT2D eigenvalue weighted by atomic mass is 9.98. The van der Waals surface area contributed by atoms with Crippen molar-refractivity contribution in [2.24, 2.45) is 0 Å². The van der Waals surface area contributed by atoms with Gasteiger partial charge >= 0.3 is 0 Å². The Hall–Kier alpha value is -0.900. The Labute approximate surface area is 129 Å². The molecule has 1 saturated heterocycles. The van der Waals surface area contributed by atoms with Crippen LogP contribution in [0.15, 0.2) is 24.3 Å². The number of aryl methyl sites for hydroxylation is 1. The van der Waals surface area contributed by atoms with Gasteiger partial charge in [-0.1, -0.05) is 31.2 Å². The van der Waals surface area contributed by atoms with Crippen LogP contribution in [0.3, 0.4) is 0 Å². The van der Waals surface area contributed by atoms with Crippen molar-refractivity contribution in [2.45, 2.75) is 51.7 Å². The maximum atomic E-state index is 10.1. The van der Waals surface area contributed by atoms with E-state index in [1.165, 1.54) is 11.1 Å². The summed E-state index contributed by atoms with van der Waals surface area (Å²) in [4.78, 5) is 2.39. The molecule has 0 amide bonds. The van der Waals surface area contributed by atoms with Gasteiger partial charge in [0.05, 0.1) is 5.60 Å². The normalized spacial score (nSPS) is 24.4. The molecule has 3 heteroatoms. The van der Waals surface area contributed by atoms with Crippen LogP contribution in [0.5, 0.6) is 0 Å². The average Bonchev–Trinajstić information content (AvgIpc) is 2.80. The third-order valence-electron chi connectivity index (χ3n) is 4.47. The molecule has 0 aliphatic carbocycles. The number of hydrogen-bond acceptors (Lipinski definition) is 3. The fraction of sp³-hybridized carbons (Fsp3) is 0.667. The smallest absolute Gasteiger partial charge is 0.0758 e. The quantitative estimate of drug-likeness (QED) is 0.810. The van der Waals surface area contributed by atoms with Crippen molar-refractivity contribution in [1.82, 2.24) is 10.2 Å². The summed E-state index contributed by atoms with van der Waals surface area (Å²) in [6.07, 6.45) is 3.14. The van der Waals surface area contributed by atoms with Gasteiger partial charge in [-0.3, -0.25) is 0 Å². The van der Waals surface area contributed by atoms with Crippen molar-refractivity contribution < 1.29 is 5.11 Å². The number of rotatable bonds is 7. The zero-order valence-electron chi connectivity index (χ0n) is 13.7. The van der Waals surface area contributed by atoms with Crippen molar-refractivity contribution >= 4 is 0 Å². The van der Waals surface area contributed by atoms with Gasteiger partial charge in [-0.05, 0) is 50.8 Å². The summed E-state index contributed by atoms with van der Waals surface area (Å²) in [5.74, 6) is 0. The van der Waals surface area contributed by atoms with Crippen LogP contribution in [0.4, 0.5) is 0 Å². The first-order chi connectivity index (χ1) is 10.0. The minimum absolute atomic E-state index is 0.414. The first kappa shape index (κ1) is 16.5. The standard InChI is InChI=1S/C18H30N2O/c1-4-11-19-17(16-8-6-5-7-15(16)2)9-12-20-13-10-18(3,21)14-20/h5-8,17,19,21H,4,9-14H2,1-3H3. The molecule has 1 fully saturated rings. The molecule has 2 atom stereocenters. The van der Waals surface area contributed by atoms with Gasteiger partial charge in [0, 0.05) is 25.7 Å². The van der Waals surface area contributed by atoms with Crippen LogP contribution in [0.25, 0.3) is 0 Å². The van der Waals surface area contributed by atoms with E-state index in [0.717, 1.165) is 45.4 Å². The maximum Gasteiger partial charge on any atom is 0.0758 e. The monoisotopic (exact) mass is 290 g/mol. The Kier molecular flexibility index (Phi) is 5.80. The van der Waals surface area contributed by atoms with Crippen molar-refractivity contribution in [3.63, 3.8) is 0 Å². The van der Waals surface area contributed by atoms with Crippen molar-refractivity contribution in [2.75, 3.05) is 26.2 Å². The third kappa shape index (κ3) is 4.80. The molecule has 3 nitrogen and oxygen atoms in total. The minimum atomic E-state index is -0.491. The average molecular weight is 290 g/mol. The van der Waals surface area contributed by atoms with Crippen LogP contribution >= 0.6 is 0 Å². The molecule has 2 rings (SSSR count). The van der Waals surface area contributed by atoms with E-state index in [2.05, 4.69) is 48.3 Å². The van der Waals surface area contributed by atoms with Gasteiger partial charge in [0.25, 0.3) is 0 Å². The molecule has 0 spiro atoms. The first-order valence-electron chi connectivity index (χ1n) is 8.25. The molecule has 0 radical (unpaired) electrons. The Balaban J connectivity index is 1.96. The molecule has 2 N–H and O–H groups in total.